The molecule has 1 N–H and O–H groups in total. The van der Waals surface area contributed by atoms with E-state index in [1.165, 1.54) is 0 Å². The molecule has 2 aromatic carbocycles. The lowest BCUT2D eigenvalue weighted by atomic mass is 9.66. The molecule has 2 aliphatic heterocycles. The molecule has 8 heteroatoms. The zero-order valence-electron chi connectivity index (χ0n) is 16.8. The predicted octanol–water partition coefficient (Wildman–Crippen LogP) is 2.50. The second-order valence-corrected chi connectivity index (χ2v) is 7.64. The number of aliphatic hydroxyl groups excluding tert-OH is 1. The first kappa shape index (κ1) is 19.0. The molecular formula is C22H22O8. The molecular weight excluding hydrogens is 392 g/mol. The molecule has 8 nitrogen and oxygen atoms in total. The van der Waals surface area contributed by atoms with Crippen molar-refractivity contribution < 1.29 is 38.6 Å². The molecule has 0 amide bonds. The first-order chi connectivity index (χ1) is 14.6. The summed E-state index contributed by atoms with van der Waals surface area (Å²) in [5.41, 5.74) is 3.22. The number of methoxy groups -OCH3 is 3. The van der Waals surface area contributed by atoms with E-state index in [4.69, 9.17) is 28.7 Å². The highest BCUT2D eigenvalue weighted by Crippen LogP contribution is 2.54. The number of ether oxygens (including phenoxy) is 4. The fourth-order valence-corrected chi connectivity index (χ4v) is 4.85. The minimum atomic E-state index is -0.843. The Hall–Kier alpha value is -2.97. The largest absolute Gasteiger partial charge is 0.493 e. The van der Waals surface area contributed by atoms with Crippen LogP contribution in [-0.2, 0) is 21.0 Å². The summed E-state index contributed by atoms with van der Waals surface area (Å²) in [5.74, 6) is 0.470. The summed E-state index contributed by atoms with van der Waals surface area (Å²) >= 11 is 0. The normalized spacial score (nSPS) is 26.2. The Kier molecular flexibility index (Phi) is 4.48. The number of benzene rings is 2. The molecule has 0 spiro atoms. The van der Waals surface area contributed by atoms with Crippen LogP contribution in [0.1, 0.15) is 34.3 Å². The standard InChI is InChI=1S/C22H22O8/c1-25-16-5-10(6-17(26-2)21(16)27-3)18-12-4-11-8-29-30-15(11)7-13(12)20(23)14-9-28-22(24)19(14)18/h4-7,14,18-20,23H,8-9H2,1-3H3/t14-,18+,19+,20-/m0/s1. The van der Waals surface area contributed by atoms with Gasteiger partial charge in [-0.3, -0.25) is 4.79 Å². The minimum Gasteiger partial charge on any atom is -0.493 e. The lowest BCUT2D eigenvalue weighted by Crippen LogP contribution is -2.34. The molecule has 2 aromatic rings. The van der Waals surface area contributed by atoms with Crippen LogP contribution in [0.3, 0.4) is 0 Å². The molecule has 0 aromatic heterocycles. The van der Waals surface area contributed by atoms with Gasteiger partial charge in [-0.1, -0.05) is 0 Å². The SMILES string of the molecule is COc1cc([C@@H]2c3cc4c(cc3[C@H](O)[C@H]3COC(=O)[C@@H]23)OOC4)cc(OC)c1OC. The van der Waals surface area contributed by atoms with E-state index >= 15 is 0 Å². The van der Waals surface area contributed by atoms with Gasteiger partial charge < -0.3 is 28.9 Å². The van der Waals surface area contributed by atoms with Crippen molar-refractivity contribution >= 4 is 5.97 Å². The van der Waals surface area contributed by atoms with Gasteiger partial charge in [0.1, 0.15) is 6.61 Å². The van der Waals surface area contributed by atoms with Gasteiger partial charge in [-0.25, -0.2) is 0 Å². The van der Waals surface area contributed by atoms with Gasteiger partial charge in [0.2, 0.25) is 5.75 Å². The summed E-state index contributed by atoms with van der Waals surface area (Å²) in [4.78, 5) is 23.1. The molecule has 158 valence electrons. The first-order valence-electron chi connectivity index (χ1n) is 9.68. The van der Waals surface area contributed by atoms with Crippen LogP contribution in [0.5, 0.6) is 23.0 Å². The highest BCUT2D eigenvalue weighted by atomic mass is 17.2. The highest BCUT2D eigenvalue weighted by Gasteiger charge is 2.52. The van der Waals surface area contributed by atoms with Crippen molar-refractivity contribution in [3.63, 3.8) is 0 Å². The van der Waals surface area contributed by atoms with Crippen LogP contribution in [-0.4, -0.2) is 39.0 Å². The van der Waals surface area contributed by atoms with Crippen LogP contribution in [0, 0.1) is 11.8 Å². The number of hydrogen-bond acceptors (Lipinski definition) is 8. The van der Waals surface area contributed by atoms with Crippen LogP contribution < -0.4 is 19.1 Å². The number of rotatable bonds is 4. The lowest BCUT2D eigenvalue weighted by Gasteiger charge is -2.37. The van der Waals surface area contributed by atoms with Crippen LogP contribution >= 0.6 is 0 Å². The van der Waals surface area contributed by atoms with E-state index in [0.717, 1.165) is 16.7 Å². The molecule has 0 saturated carbocycles. The van der Waals surface area contributed by atoms with Crippen molar-refractivity contribution in [1.29, 1.82) is 0 Å². The summed E-state index contributed by atoms with van der Waals surface area (Å²) in [6.45, 7) is 0.471. The molecule has 4 atom stereocenters. The summed E-state index contributed by atoms with van der Waals surface area (Å²) in [6, 6.07) is 7.43. The highest BCUT2D eigenvalue weighted by molar-refractivity contribution is 5.78. The summed E-state index contributed by atoms with van der Waals surface area (Å²) < 4.78 is 21.9. The number of carbonyl (C=O) groups is 1. The fourth-order valence-electron chi connectivity index (χ4n) is 4.85. The Bertz CT molecular complexity index is 991. The van der Waals surface area contributed by atoms with Gasteiger partial charge in [-0.15, -0.1) is 0 Å². The van der Waals surface area contributed by atoms with E-state index in [0.29, 0.717) is 35.2 Å². The average Bonchev–Trinajstić information content (AvgIpc) is 3.38. The van der Waals surface area contributed by atoms with Crippen molar-refractivity contribution in [1.82, 2.24) is 0 Å². The second kappa shape index (κ2) is 7.07. The maximum atomic E-state index is 12.7. The fraction of sp³-hybridized carbons (Fsp3) is 0.409. The van der Waals surface area contributed by atoms with E-state index in [1.807, 2.05) is 18.2 Å². The van der Waals surface area contributed by atoms with E-state index in [-0.39, 0.29) is 24.4 Å². The van der Waals surface area contributed by atoms with Gasteiger partial charge in [0.25, 0.3) is 0 Å². The van der Waals surface area contributed by atoms with Crippen molar-refractivity contribution in [3.05, 3.63) is 46.5 Å². The van der Waals surface area contributed by atoms with Crippen molar-refractivity contribution in [3.8, 4) is 23.0 Å². The topological polar surface area (TPSA) is 92.7 Å². The summed E-state index contributed by atoms with van der Waals surface area (Å²) in [5, 5.41) is 11.0. The molecule has 2 heterocycles. The average molecular weight is 414 g/mol. The molecule has 1 aliphatic carbocycles. The smallest absolute Gasteiger partial charge is 0.310 e. The minimum absolute atomic E-state index is 0.166. The Morgan fingerprint density at radius 2 is 1.73 bits per heavy atom. The van der Waals surface area contributed by atoms with Gasteiger partial charge in [0.05, 0.1) is 40.0 Å². The molecule has 5 rings (SSSR count). The number of aliphatic hydroxyl groups is 1. The van der Waals surface area contributed by atoms with E-state index in [2.05, 4.69) is 0 Å². The van der Waals surface area contributed by atoms with Crippen molar-refractivity contribution in [2.45, 2.75) is 18.6 Å². The van der Waals surface area contributed by atoms with Crippen LogP contribution in [0.15, 0.2) is 24.3 Å². The quantitative estimate of drug-likeness (QED) is 0.603. The van der Waals surface area contributed by atoms with E-state index < -0.39 is 12.0 Å². The molecule has 0 radical (unpaired) electrons. The third-order valence-corrected chi connectivity index (χ3v) is 6.25. The Labute approximate surface area is 173 Å². The monoisotopic (exact) mass is 414 g/mol. The molecule has 0 unspecified atom stereocenters. The second-order valence-electron chi connectivity index (χ2n) is 7.64. The molecule has 0 bridgehead atoms. The van der Waals surface area contributed by atoms with Crippen LogP contribution in [0.25, 0.3) is 0 Å². The number of hydrogen-bond donors (Lipinski definition) is 1. The molecule has 3 aliphatic rings. The zero-order chi connectivity index (χ0) is 21.0. The third-order valence-electron chi connectivity index (χ3n) is 6.25. The van der Waals surface area contributed by atoms with Gasteiger partial charge in [0.15, 0.2) is 17.2 Å². The van der Waals surface area contributed by atoms with Gasteiger partial charge in [-0.2, -0.15) is 4.89 Å². The molecule has 1 saturated heterocycles. The Balaban J connectivity index is 1.74. The molecule has 1 fully saturated rings. The lowest BCUT2D eigenvalue weighted by molar-refractivity contribution is -0.194. The Morgan fingerprint density at radius 1 is 1.00 bits per heavy atom. The van der Waals surface area contributed by atoms with Crippen molar-refractivity contribution in [2.75, 3.05) is 27.9 Å². The van der Waals surface area contributed by atoms with Gasteiger partial charge in [-0.05, 0) is 41.0 Å². The van der Waals surface area contributed by atoms with E-state index in [1.54, 1.807) is 27.4 Å². The van der Waals surface area contributed by atoms with Gasteiger partial charge in [0, 0.05) is 17.4 Å². The first-order valence-corrected chi connectivity index (χ1v) is 9.68. The number of esters is 1. The van der Waals surface area contributed by atoms with Crippen LogP contribution in [0.2, 0.25) is 0 Å². The third kappa shape index (κ3) is 2.64. The maximum Gasteiger partial charge on any atom is 0.310 e. The molecule has 30 heavy (non-hydrogen) atoms. The number of cyclic esters (lactones) is 1. The summed E-state index contributed by atoms with van der Waals surface area (Å²) in [6.07, 6.45) is -0.843. The Morgan fingerprint density at radius 3 is 2.40 bits per heavy atom. The van der Waals surface area contributed by atoms with Crippen molar-refractivity contribution in [2.24, 2.45) is 11.8 Å². The number of carbonyl (C=O) groups excluding carboxylic acids is 1. The van der Waals surface area contributed by atoms with Crippen LogP contribution in [0.4, 0.5) is 0 Å². The summed E-state index contributed by atoms with van der Waals surface area (Å²) in [7, 11) is 4.64. The maximum absolute atomic E-state index is 12.7. The number of fused-ring (bicyclic) bond motifs is 3. The van der Waals surface area contributed by atoms with Gasteiger partial charge >= 0.3 is 5.97 Å². The predicted molar refractivity (Wildman–Crippen MR) is 103 cm³/mol. The van der Waals surface area contributed by atoms with E-state index in [9.17, 15) is 9.90 Å². The zero-order valence-corrected chi connectivity index (χ0v) is 16.8.